The van der Waals surface area contributed by atoms with Gasteiger partial charge in [-0.1, -0.05) is 17.7 Å². The number of fused-ring (bicyclic) bond motifs is 2. The highest BCUT2D eigenvalue weighted by atomic mass is 16.2. The molecule has 1 saturated heterocycles. The Labute approximate surface area is 146 Å². The third-order valence-corrected chi connectivity index (χ3v) is 5.70. The lowest BCUT2D eigenvalue weighted by Gasteiger charge is -2.39. The number of rotatable bonds is 1. The zero-order valence-electron chi connectivity index (χ0n) is 14.3. The molecule has 1 amide bonds. The molecule has 1 aliphatic carbocycles. The summed E-state index contributed by atoms with van der Waals surface area (Å²) in [5.41, 5.74) is 9.03. The quantitative estimate of drug-likeness (QED) is 0.829. The SMILES string of the molecule is Cc1ccc(C(=O)N2CCC3(CCc4c3nc(N)[nH]c4=O)CC2)cc1. The van der Waals surface area contributed by atoms with Crippen molar-refractivity contribution >= 4 is 11.9 Å². The molecule has 6 heteroatoms. The lowest BCUT2D eigenvalue weighted by Crippen LogP contribution is -2.44. The number of carbonyl (C=O) groups is 1. The fourth-order valence-corrected chi connectivity index (χ4v) is 4.17. The van der Waals surface area contributed by atoms with Crippen molar-refractivity contribution in [2.24, 2.45) is 0 Å². The number of aromatic nitrogens is 2. The van der Waals surface area contributed by atoms with Crippen LogP contribution in [0.4, 0.5) is 5.95 Å². The normalized spacial score (nSPS) is 18.4. The maximum Gasteiger partial charge on any atom is 0.255 e. The van der Waals surface area contributed by atoms with E-state index in [2.05, 4.69) is 9.97 Å². The molecule has 2 heterocycles. The Balaban J connectivity index is 1.54. The minimum Gasteiger partial charge on any atom is -0.369 e. The largest absolute Gasteiger partial charge is 0.369 e. The summed E-state index contributed by atoms with van der Waals surface area (Å²) in [4.78, 5) is 33.8. The number of nitrogens with zero attached hydrogens (tertiary/aromatic N) is 2. The topological polar surface area (TPSA) is 92.1 Å². The van der Waals surface area contributed by atoms with Crippen molar-refractivity contribution in [2.75, 3.05) is 18.8 Å². The van der Waals surface area contributed by atoms with Crippen LogP contribution in [0.15, 0.2) is 29.1 Å². The maximum atomic E-state index is 12.7. The third-order valence-electron chi connectivity index (χ3n) is 5.70. The van der Waals surface area contributed by atoms with Gasteiger partial charge in [-0.15, -0.1) is 0 Å². The summed E-state index contributed by atoms with van der Waals surface area (Å²) in [6.45, 7) is 3.37. The standard InChI is InChI=1S/C19H22N4O2/c1-12-2-4-13(5-3-12)17(25)23-10-8-19(9-11-23)7-6-14-15(19)21-18(20)22-16(14)24/h2-5H,6-11H2,1H3,(H3,20,21,22,24). The van der Waals surface area contributed by atoms with Crippen LogP contribution in [0, 0.1) is 6.92 Å². The van der Waals surface area contributed by atoms with E-state index in [4.69, 9.17) is 5.73 Å². The third kappa shape index (κ3) is 2.62. The minimum atomic E-state index is -0.113. The van der Waals surface area contributed by atoms with Crippen LogP contribution in [0.5, 0.6) is 0 Å². The maximum absolute atomic E-state index is 12.7. The number of anilines is 1. The van der Waals surface area contributed by atoms with Gasteiger partial charge >= 0.3 is 0 Å². The van der Waals surface area contributed by atoms with Gasteiger partial charge in [-0.05, 0) is 44.7 Å². The molecule has 4 rings (SSSR count). The summed E-state index contributed by atoms with van der Waals surface area (Å²) in [6.07, 6.45) is 3.30. The number of aryl methyl sites for hydroxylation is 1. The number of amides is 1. The van der Waals surface area contributed by atoms with Crippen LogP contribution in [0.25, 0.3) is 0 Å². The van der Waals surface area contributed by atoms with Gasteiger partial charge in [0, 0.05) is 29.6 Å². The monoisotopic (exact) mass is 338 g/mol. The van der Waals surface area contributed by atoms with Gasteiger partial charge in [0.25, 0.3) is 11.5 Å². The van der Waals surface area contributed by atoms with Crippen LogP contribution in [-0.4, -0.2) is 33.9 Å². The smallest absolute Gasteiger partial charge is 0.255 e. The molecule has 1 fully saturated rings. The number of nitrogen functional groups attached to an aromatic ring is 1. The van der Waals surface area contributed by atoms with Gasteiger partial charge in [0.1, 0.15) is 0 Å². The van der Waals surface area contributed by atoms with Crippen LogP contribution >= 0.6 is 0 Å². The molecule has 0 bridgehead atoms. The van der Waals surface area contributed by atoms with Gasteiger partial charge in [-0.25, -0.2) is 4.98 Å². The average Bonchev–Trinajstić information content (AvgIpc) is 2.94. The van der Waals surface area contributed by atoms with Crippen LogP contribution in [0.3, 0.4) is 0 Å². The van der Waals surface area contributed by atoms with E-state index >= 15 is 0 Å². The molecule has 25 heavy (non-hydrogen) atoms. The van der Waals surface area contributed by atoms with Crippen molar-refractivity contribution < 1.29 is 4.79 Å². The number of hydrogen-bond donors (Lipinski definition) is 2. The van der Waals surface area contributed by atoms with Crippen LogP contribution in [0.2, 0.25) is 0 Å². The Bertz CT molecular complexity index is 877. The highest BCUT2D eigenvalue weighted by molar-refractivity contribution is 5.94. The van der Waals surface area contributed by atoms with Crippen molar-refractivity contribution in [1.82, 2.24) is 14.9 Å². The molecule has 0 saturated carbocycles. The Morgan fingerprint density at radius 3 is 2.56 bits per heavy atom. The second-order valence-electron chi connectivity index (χ2n) is 7.22. The molecule has 1 spiro atoms. The van der Waals surface area contributed by atoms with Crippen LogP contribution in [0.1, 0.15) is 46.4 Å². The molecular formula is C19H22N4O2. The number of benzene rings is 1. The van der Waals surface area contributed by atoms with Crippen LogP contribution < -0.4 is 11.3 Å². The zero-order valence-corrected chi connectivity index (χ0v) is 14.3. The van der Waals surface area contributed by atoms with E-state index in [1.54, 1.807) is 0 Å². The number of hydrogen-bond acceptors (Lipinski definition) is 4. The van der Waals surface area contributed by atoms with Gasteiger partial charge < -0.3 is 10.6 Å². The number of H-pyrrole nitrogens is 1. The highest BCUT2D eigenvalue weighted by Gasteiger charge is 2.44. The van der Waals surface area contributed by atoms with E-state index in [1.807, 2.05) is 36.1 Å². The first-order valence-corrected chi connectivity index (χ1v) is 8.74. The van der Waals surface area contributed by atoms with Crippen molar-refractivity contribution in [3.05, 3.63) is 57.0 Å². The molecule has 130 valence electrons. The number of piperidine rings is 1. The highest BCUT2D eigenvalue weighted by Crippen LogP contribution is 2.44. The Hall–Kier alpha value is -2.63. The predicted octanol–water partition coefficient (Wildman–Crippen LogP) is 1.78. The molecular weight excluding hydrogens is 316 g/mol. The van der Waals surface area contributed by atoms with E-state index in [1.165, 1.54) is 0 Å². The number of nitrogens with one attached hydrogen (secondary N) is 1. The van der Waals surface area contributed by atoms with E-state index in [0.29, 0.717) is 13.1 Å². The molecule has 0 unspecified atom stereocenters. The fourth-order valence-electron chi connectivity index (χ4n) is 4.17. The van der Waals surface area contributed by atoms with Crippen LogP contribution in [-0.2, 0) is 11.8 Å². The lowest BCUT2D eigenvalue weighted by molar-refractivity contribution is 0.0663. The summed E-state index contributed by atoms with van der Waals surface area (Å²) in [7, 11) is 0. The Kier molecular flexibility index (Phi) is 3.63. The molecule has 3 N–H and O–H groups in total. The van der Waals surface area contributed by atoms with Gasteiger partial charge in [-0.3, -0.25) is 14.6 Å². The number of likely N-dealkylation sites (tertiary alicyclic amines) is 1. The summed E-state index contributed by atoms with van der Waals surface area (Å²) in [5.74, 6) is 0.259. The molecule has 1 aromatic carbocycles. The summed E-state index contributed by atoms with van der Waals surface area (Å²) in [6, 6.07) is 7.69. The first kappa shape index (κ1) is 15.9. The fraction of sp³-hybridized carbons (Fsp3) is 0.421. The molecule has 1 aromatic heterocycles. The van der Waals surface area contributed by atoms with E-state index in [0.717, 1.165) is 48.1 Å². The van der Waals surface area contributed by atoms with E-state index in [9.17, 15) is 9.59 Å². The summed E-state index contributed by atoms with van der Waals surface area (Å²) < 4.78 is 0. The number of carbonyl (C=O) groups excluding carboxylic acids is 1. The second-order valence-corrected chi connectivity index (χ2v) is 7.22. The second kappa shape index (κ2) is 5.72. The van der Waals surface area contributed by atoms with Gasteiger partial charge in [0.15, 0.2) is 0 Å². The van der Waals surface area contributed by atoms with Crippen molar-refractivity contribution in [3.63, 3.8) is 0 Å². The van der Waals surface area contributed by atoms with E-state index < -0.39 is 0 Å². The first-order valence-electron chi connectivity index (χ1n) is 8.74. The van der Waals surface area contributed by atoms with Crippen molar-refractivity contribution in [2.45, 2.75) is 38.0 Å². The van der Waals surface area contributed by atoms with Gasteiger partial charge in [0.2, 0.25) is 5.95 Å². The number of aromatic amines is 1. The van der Waals surface area contributed by atoms with E-state index in [-0.39, 0.29) is 22.8 Å². The molecule has 1 aliphatic heterocycles. The molecule has 0 radical (unpaired) electrons. The Morgan fingerprint density at radius 2 is 1.88 bits per heavy atom. The van der Waals surface area contributed by atoms with Gasteiger partial charge in [-0.2, -0.15) is 0 Å². The molecule has 2 aliphatic rings. The summed E-state index contributed by atoms with van der Waals surface area (Å²) in [5, 5.41) is 0. The summed E-state index contributed by atoms with van der Waals surface area (Å²) >= 11 is 0. The predicted molar refractivity (Wildman–Crippen MR) is 95.6 cm³/mol. The van der Waals surface area contributed by atoms with Crippen molar-refractivity contribution in [3.8, 4) is 0 Å². The zero-order chi connectivity index (χ0) is 17.6. The average molecular weight is 338 g/mol. The molecule has 6 nitrogen and oxygen atoms in total. The van der Waals surface area contributed by atoms with Gasteiger partial charge in [0.05, 0.1) is 5.69 Å². The minimum absolute atomic E-state index is 0.0754. The Morgan fingerprint density at radius 1 is 1.20 bits per heavy atom. The van der Waals surface area contributed by atoms with Crippen molar-refractivity contribution in [1.29, 1.82) is 0 Å². The molecule has 0 atom stereocenters. The molecule has 2 aromatic rings. The lowest BCUT2D eigenvalue weighted by atomic mass is 9.76. The first-order chi connectivity index (χ1) is 12.0. The number of nitrogens with two attached hydrogens (primary N) is 1.